The number of hydrogen-bond acceptors (Lipinski definition) is 3. The summed E-state index contributed by atoms with van der Waals surface area (Å²) >= 11 is 0.606. The first-order valence-electron chi connectivity index (χ1n) is 7.63. The zero-order valence-electron chi connectivity index (χ0n) is 11.5. The van der Waals surface area contributed by atoms with Crippen LogP contribution in [0, 0.1) is 29.6 Å². The third-order valence-electron chi connectivity index (χ3n) is 5.72. The maximum Gasteiger partial charge on any atom is 0.443 e. The maximum absolute atomic E-state index is 12.7. The highest BCUT2D eigenvalue weighted by Gasteiger charge is 2.51. The standard InChI is InChI=1S/C15H18F3NOS/c16-15(17,18)14-19-6-11(21-14)13(20)12-9-2-7-1-8(4-9)5-10(12)3-7/h6-10,12-13,20H,1-5H2. The molecule has 0 amide bonds. The maximum atomic E-state index is 12.7. The molecule has 4 aliphatic carbocycles. The average Bonchev–Trinajstić information content (AvgIpc) is 2.86. The van der Waals surface area contributed by atoms with Crippen LogP contribution in [0.15, 0.2) is 6.20 Å². The second kappa shape index (κ2) is 4.69. The molecule has 4 saturated carbocycles. The van der Waals surface area contributed by atoms with Crippen molar-refractivity contribution in [3.05, 3.63) is 16.1 Å². The lowest BCUT2D eigenvalue weighted by molar-refractivity contribution is -0.137. The number of aliphatic hydroxyl groups excluding tert-OH is 1. The number of thiazole rings is 1. The average molecular weight is 317 g/mol. The van der Waals surface area contributed by atoms with Gasteiger partial charge in [0, 0.05) is 6.20 Å². The molecule has 1 N–H and O–H groups in total. The van der Waals surface area contributed by atoms with E-state index in [0.29, 0.717) is 28.0 Å². The van der Waals surface area contributed by atoms with Crippen LogP contribution in [0.4, 0.5) is 13.2 Å². The van der Waals surface area contributed by atoms with Crippen LogP contribution >= 0.6 is 11.3 Å². The van der Waals surface area contributed by atoms with Gasteiger partial charge in [0.2, 0.25) is 0 Å². The second-order valence-corrected chi connectivity index (χ2v) is 8.08. The molecule has 0 spiro atoms. The van der Waals surface area contributed by atoms with Gasteiger partial charge >= 0.3 is 6.18 Å². The van der Waals surface area contributed by atoms with E-state index in [-0.39, 0.29) is 5.92 Å². The summed E-state index contributed by atoms with van der Waals surface area (Å²) in [4.78, 5) is 3.84. The molecule has 1 atom stereocenters. The van der Waals surface area contributed by atoms with Crippen molar-refractivity contribution in [1.82, 2.24) is 4.98 Å². The first kappa shape index (κ1) is 14.0. The summed E-state index contributed by atoms with van der Waals surface area (Å²) in [6.07, 6.45) is 1.98. The van der Waals surface area contributed by atoms with Crippen LogP contribution < -0.4 is 0 Å². The Kier molecular flexibility index (Phi) is 3.12. The summed E-state index contributed by atoms with van der Waals surface area (Å²) in [5, 5.41) is 9.79. The van der Waals surface area contributed by atoms with E-state index < -0.39 is 17.3 Å². The highest BCUT2D eigenvalue weighted by molar-refractivity contribution is 7.11. The summed E-state index contributed by atoms with van der Waals surface area (Å²) in [5.74, 6) is 2.71. The Morgan fingerprint density at radius 3 is 2.14 bits per heavy atom. The lowest BCUT2D eigenvalue weighted by Crippen LogP contribution is -2.47. The number of alkyl halides is 3. The van der Waals surface area contributed by atoms with Crippen molar-refractivity contribution >= 4 is 11.3 Å². The van der Waals surface area contributed by atoms with Gasteiger partial charge in [-0.1, -0.05) is 0 Å². The van der Waals surface area contributed by atoms with Gasteiger partial charge in [-0.25, -0.2) is 4.98 Å². The van der Waals surface area contributed by atoms with Gasteiger partial charge in [0.05, 0.1) is 11.0 Å². The molecule has 1 aromatic rings. The van der Waals surface area contributed by atoms with Crippen molar-refractivity contribution in [3.8, 4) is 0 Å². The number of hydrogen-bond donors (Lipinski definition) is 1. The molecule has 0 radical (unpaired) electrons. The van der Waals surface area contributed by atoms with Crippen LogP contribution in [0.5, 0.6) is 0 Å². The van der Waals surface area contributed by atoms with E-state index in [1.807, 2.05) is 0 Å². The molecule has 116 valence electrons. The van der Waals surface area contributed by atoms with Crippen LogP contribution in [0.3, 0.4) is 0 Å². The molecule has 0 aromatic carbocycles. The zero-order chi connectivity index (χ0) is 14.8. The SMILES string of the molecule is OC(c1cnc(C(F)(F)F)s1)C1C2CC3CC(C2)CC1C3. The van der Waals surface area contributed by atoms with Gasteiger partial charge in [-0.3, -0.25) is 0 Å². The van der Waals surface area contributed by atoms with E-state index in [2.05, 4.69) is 4.98 Å². The normalized spacial score (nSPS) is 39.7. The first-order valence-corrected chi connectivity index (χ1v) is 8.44. The fourth-order valence-electron chi connectivity index (χ4n) is 5.23. The smallest absolute Gasteiger partial charge is 0.387 e. The highest BCUT2D eigenvalue weighted by Crippen LogP contribution is 2.59. The van der Waals surface area contributed by atoms with Crippen molar-refractivity contribution in [1.29, 1.82) is 0 Å². The van der Waals surface area contributed by atoms with Crippen LogP contribution in [-0.4, -0.2) is 10.1 Å². The predicted molar refractivity (Wildman–Crippen MR) is 72.6 cm³/mol. The number of rotatable bonds is 2. The Balaban J connectivity index is 1.57. The summed E-state index contributed by atoms with van der Waals surface area (Å²) in [6.45, 7) is 0. The molecule has 21 heavy (non-hydrogen) atoms. The topological polar surface area (TPSA) is 33.1 Å². The van der Waals surface area contributed by atoms with E-state index in [1.165, 1.54) is 12.6 Å². The minimum atomic E-state index is -4.41. The zero-order valence-corrected chi connectivity index (χ0v) is 12.3. The molecule has 4 bridgehead atoms. The molecular weight excluding hydrogens is 299 g/mol. The van der Waals surface area contributed by atoms with Gasteiger partial charge in [0.15, 0.2) is 5.01 Å². The van der Waals surface area contributed by atoms with E-state index in [4.69, 9.17) is 0 Å². The summed E-state index contributed by atoms with van der Waals surface area (Å²) in [6, 6.07) is 0. The van der Waals surface area contributed by atoms with Crippen molar-refractivity contribution < 1.29 is 18.3 Å². The van der Waals surface area contributed by atoms with Crippen LogP contribution in [-0.2, 0) is 6.18 Å². The van der Waals surface area contributed by atoms with Crippen LogP contribution in [0.1, 0.15) is 48.1 Å². The molecule has 5 rings (SSSR count). The van der Waals surface area contributed by atoms with Crippen molar-refractivity contribution in [2.45, 2.75) is 44.4 Å². The Hall–Kier alpha value is -0.620. The Bertz CT molecular complexity index is 513. The summed E-state index contributed by atoms with van der Waals surface area (Å²) < 4.78 is 38.0. The number of halogens is 3. The molecule has 2 nitrogen and oxygen atoms in total. The Labute approximate surface area is 125 Å². The molecule has 1 aromatic heterocycles. The van der Waals surface area contributed by atoms with Crippen molar-refractivity contribution in [3.63, 3.8) is 0 Å². The second-order valence-electron chi connectivity index (χ2n) is 7.02. The predicted octanol–water partition coefficient (Wildman–Crippen LogP) is 4.27. The molecule has 1 heterocycles. The van der Waals surface area contributed by atoms with Gasteiger partial charge in [-0.05, 0) is 61.7 Å². The fourth-order valence-corrected chi connectivity index (χ4v) is 6.05. The van der Waals surface area contributed by atoms with Crippen LogP contribution in [0.2, 0.25) is 0 Å². The van der Waals surface area contributed by atoms with E-state index in [9.17, 15) is 18.3 Å². The molecular formula is C15H18F3NOS. The Morgan fingerprint density at radius 2 is 1.67 bits per heavy atom. The number of nitrogens with zero attached hydrogens (tertiary/aromatic N) is 1. The third-order valence-corrected chi connectivity index (χ3v) is 6.83. The molecule has 1 unspecified atom stereocenters. The molecule has 0 saturated heterocycles. The van der Waals surface area contributed by atoms with E-state index in [1.54, 1.807) is 0 Å². The van der Waals surface area contributed by atoms with Gasteiger partial charge in [0.1, 0.15) is 0 Å². The Morgan fingerprint density at radius 1 is 1.10 bits per heavy atom. The van der Waals surface area contributed by atoms with Gasteiger partial charge in [-0.15, -0.1) is 11.3 Å². The lowest BCUT2D eigenvalue weighted by atomic mass is 9.51. The third kappa shape index (κ3) is 2.31. The quantitative estimate of drug-likeness (QED) is 0.884. The van der Waals surface area contributed by atoms with Gasteiger partial charge in [-0.2, -0.15) is 13.2 Å². The summed E-state index contributed by atoms with van der Waals surface area (Å²) in [5.41, 5.74) is 0. The fraction of sp³-hybridized carbons (Fsp3) is 0.800. The number of aromatic nitrogens is 1. The molecule has 0 aliphatic heterocycles. The molecule has 6 heteroatoms. The first-order chi connectivity index (χ1) is 9.91. The van der Waals surface area contributed by atoms with Crippen molar-refractivity contribution in [2.75, 3.05) is 0 Å². The highest BCUT2D eigenvalue weighted by atomic mass is 32.1. The monoisotopic (exact) mass is 317 g/mol. The summed E-state index contributed by atoms with van der Waals surface area (Å²) in [7, 11) is 0. The lowest BCUT2D eigenvalue weighted by Gasteiger charge is -2.55. The van der Waals surface area contributed by atoms with Gasteiger partial charge < -0.3 is 5.11 Å². The van der Waals surface area contributed by atoms with E-state index in [0.717, 1.165) is 37.5 Å². The minimum Gasteiger partial charge on any atom is -0.387 e. The molecule has 4 fully saturated rings. The van der Waals surface area contributed by atoms with E-state index >= 15 is 0 Å². The minimum absolute atomic E-state index is 0.138. The van der Waals surface area contributed by atoms with Gasteiger partial charge in [0.25, 0.3) is 0 Å². The largest absolute Gasteiger partial charge is 0.443 e. The number of aliphatic hydroxyl groups is 1. The molecule has 4 aliphatic rings. The van der Waals surface area contributed by atoms with Crippen molar-refractivity contribution in [2.24, 2.45) is 29.6 Å². The van der Waals surface area contributed by atoms with Crippen LogP contribution in [0.25, 0.3) is 0 Å².